The van der Waals surface area contributed by atoms with Crippen molar-refractivity contribution in [2.75, 3.05) is 0 Å². The third-order valence-electron chi connectivity index (χ3n) is 3.95. The molecule has 2 N–H and O–H groups in total. The van der Waals surface area contributed by atoms with Crippen molar-refractivity contribution in [2.45, 2.75) is 38.6 Å². The molecule has 1 unspecified atom stereocenters. The van der Waals surface area contributed by atoms with Crippen LogP contribution in [0.25, 0.3) is 0 Å². The van der Waals surface area contributed by atoms with Crippen LogP contribution in [0.3, 0.4) is 0 Å². The standard InChI is InChI=1S/C20H22FNO3/c1-20(2,3)15-9-7-13(8-10-15)17(12-18(23)24)22-19(25)14-5-4-6-16(21)11-14/h4-11,17H,12H2,1-3H3,(H,22,25)(H,23,24). The smallest absolute Gasteiger partial charge is 0.305 e. The van der Waals surface area contributed by atoms with Crippen molar-refractivity contribution >= 4 is 11.9 Å². The lowest BCUT2D eigenvalue weighted by molar-refractivity contribution is -0.137. The number of aliphatic carboxylic acids is 1. The number of benzene rings is 2. The Bertz CT molecular complexity index is 763. The highest BCUT2D eigenvalue weighted by Gasteiger charge is 2.20. The molecule has 2 aromatic carbocycles. The number of carboxylic acids is 1. The highest BCUT2D eigenvalue weighted by atomic mass is 19.1. The number of rotatable bonds is 5. The molecule has 0 aliphatic carbocycles. The molecule has 0 heterocycles. The Hall–Kier alpha value is -2.69. The third-order valence-corrected chi connectivity index (χ3v) is 3.95. The maximum Gasteiger partial charge on any atom is 0.305 e. The minimum absolute atomic E-state index is 0.0222. The summed E-state index contributed by atoms with van der Waals surface area (Å²) in [6, 6.07) is 12.1. The fourth-order valence-corrected chi connectivity index (χ4v) is 2.51. The summed E-state index contributed by atoms with van der Waals surface area (Å²) in [4.78, 5) is 23.5. The summed E-state index contributed by atoms with van der Waals surface area (Å²) in [5.74, 6) is -2.05. The van der Waals surface area contributed by atoms with Crippen molar-refractivity contribution in [2.24, 2.45) is 0 Å². The maximum atomic E-state index is 13.3. The first-order chi connectivity index (χ1) is 11.7. The van der Waals surface area contributed by atoms with Crippen LogP contribution >= 0.6 is 0 Å². The fraction of sp³-hybridized carbons (Fsp3) is 0.300. The van der Waals surface area contributed by atoms with E-state index in [1.807, 2.05) is 24.3 Å². The van der Waals surface area contributed by atoms with Crippen LogP contribution in [0.4, 0.5) is 4.39 Å². The fourth-order valence-electron chi connectivity index (χ4n) is 2.51. The molecule has 1 atom stereocenters. The van der Waals surface area contributed by atoms with Crippen molar-refractivity contribution in [3.05, 3.63) is 71.0 Å². The van der Waals surface area contributed by atoms with Gasteiger partial charge in [0.25, 0.3) is 5.91 Å². The van der Waals surface area contributed by atoms with Crippen LogP contribution < -0.4 is 5.32 Å². The van der Waals surface area contributed by atoms with Gasteiger partial charge in [0, 0.05) is 5.56 Å². The van der Waals surface area contributed by atoms with Crippen LogP contribution in [0.2, 0.25) is 0 Å². The van der Waals surface area contributed by atoms with Gasteiger partial charge in [0.15, 0.2) is 0 Å². The zero-order valence-corrected chi connectivity index (χ0v) is 14.5. The maximum absolute atomic E-state index is 13.3. The molecule has 0 aliphatic rings. The largest absolute Gasteiger partial charge is 0.481 e. The highest BCUT2D eigenvalue weighted by molar-refractivity contribution is 5.94. The molecule has 4 nitrogen and oxygen atoms in total. The van der Waals surface area contributed by atoms with E-state index in [4.69, 9.17) is 5.11 Å². The van der Waals surface area contributed by atoms with Crippen LogP contribution in [-0.2, 0) is 10.2 Å². The number of hydrogen-bond acceptors (Lipinski definition) is 2. The molecular formula is C20H22FNO3. The number of nitrogens with one attached hydrogen (secondary N) is 1. The normalized spacial score (nSPS) is 12.5. The van der Waals surface area contributed by atoms with Crippen molar-refractivity contribution < 1.29 is 19.1 Å². The van der Waals surface area contributed by atoms with Crippen LogP contribution in [-0.4, -0.2) is 17.0 Å². The van der Waals surface area contributed by atoms with Gasteiger partial charge in [0.05, 0.1) is 12.5 Å². The second kappa shape index (κ2) is 7.47. The summed E-state index contributed by atoms with van der Waals surface area (Å²) < 4.78 is 13.3. The average Bonchev–Trinajstić information content (AvgIpc) is 2.53. The van der Waals surface area contributed by atoms with E-state index in [0.29, 0.717) is 5.56 Å². The Morgan fingerprint density at radius 2 is 1.76 bits per heavy atom. The van der Waals surface area contributed by atoms with Crippen molar-refractivity contribution in [3.63, 3.8) is 0 Å². The molecule has 0 radical (unpaired) electrons. The molecule has 25 heavy (non-hydrogen) atoms. The SMILES string of the molecule is CC(C)(C)c1ccc(C(CC(=O)O)NC(=O)c2cccc(F)c2)cc1. The number of halogens is 1. The lowest BCUT2D eigenvalue weighted by Gasteiger charge is -2.22. The molecule has 0 aromatic heterocycles. The first kappa shape index (κ1) is 18.6. The first-order valence-electron chi connectivity index (χ1n) is 8.05. The van der Waals surface area contributed by atoms with E-state index >= 15 is 0 Å². The lowest BCUT2D eigenvalue weighted by atomic mass is 9.86. The summed E-state index contributed by atoms with van der Waals surface area (Å²) in [6.45, 7) is 6.26. The Labute approximate surface area is 146 Å². The summed E-state index contributed by atoms with van der Waals surface area (Å²) in [5, 5.41) is 11.8. The number of amides is 1. The molecule has 0 fully saturated rings. The molecule has 0 spiro atoms. The van der Waals surface area contributed by atoms with Gasteiger partial charge in [-0.2, -0.15) is 0 Å². The molecule has 0 bridgehead atoms. The zero-order valence-electron chi connectivity index (χ0n) is 14.5. The molecule has 132 valence electrons. The second-order valence-corrected chi connectivity index (χ2v) is 7.01. The molecule has 0 aliphatic heterocycles. The summed E-state index contributed by atoms with van der Waals surface area (Å²) in [6.07, 6.45) is -0.254. The molecule has 2 aromatic rings. The molecular weight excluding hydrogens is 321 g/mol. The lowest BCUT2D eigenvalue weighted by Crippen LogP contribution is -2.30. The Morgan fingerprint density at radius 1 is 1.12 bits per heavy atom. The quantitative estimate of drug-likeness (QED) is 0.860. The molecule has 0 saturated heterocycles. The monoisotopic (exact) mass is 343 g/mol. The van der Waals surface area contributed by atoms with Gasteiger partial charge in [0.1, 0.15) is 5.82 Å². The van der Waals surface area contributed by atoms with Gasteiger partial charge in [-0.15, -0.1) is 0 Å². The number of carbonyl (C=O) groups is 2. The van der Waals surface area contributed by atoms with Crippen LogP contribution in [0.5, 0.6) is 0 Å². The Kier molecular flexibility index (Phi) is 5.57. The molecule has 1 amide bonds. The number of carboxylic acid groups (broad SMARTS) is 1. The molecule has 0 saturated carbocycles. The van der Waals surface area contributed by atoms with Crippen molar-refractivity contribution in [1.82, 2.24) is 5.32 Å². The van der Waals surface area contributed by atoms with E-state index in [0.717, 1.165) is 11.6 Å². The predicted octanol–water partition coefficient (Wildman–Crippen LogP) is 4.07. The third kappa shape index (κ3) is 5.14. The van der Waals surface area contributed by atoms with E-state index in [1.54, 1.807) is 0 Å². The van der Waals surface area contributed by atoms with Crippen LogP contribution in [0.1, 0.15) is 54.7 Å². The van der Waals surface area contributed by atoms with Gasteiger partial charge in [-0.05, 0) is 34.7 Å². The predicted molar refractivity (Wildman–Crippen MR) is 94.0 cm³/mol. The van der Waals surface area contributed by atoms with Crippen LogP contribution in [0, 0.1) is 5.82 Å². The van der Waals surface area contributed by atoms with Crippen molar-refractivity contribution in [3.8, 4) is 0 Å². The molecule has 2 rings (SSSR count). The van der Waals surface area contributed by atoms with Gasteiger partial charge in [-0.25, -0.2) is 4.39 Å². The van der Waals surface area contributed by atoms with E-state index < -0.39 is 23.7 Å². The van der Waals surface area contributed by atoms with Crippen molar-refractivity contribution in [1.29, 1.82) is 0 Å². The number of hydrogen-bond donors (Lipinski definition) is 2. The first-order valence-corrected chi connectivity index (χ1v) is 8.05. The summed E-state index contributed by atoms with van der Waals surface area (Å²) in [5.41, 5.74) is 1.94. The average molecular weight is 343 g/mol. The topological polar surface area (TPSA) is 66.4 Å². The van der Waals surface area contributed by atoms with E-state index in [2.05, 4.69) is 26.1 Å². The summed E-state index contributed by atoms with van der Waals surface area (Å²) in [7, 11) is 0. The highest BCUT2D eigenvalue weighted by Crippen LogP contribution is 2.25. The van der Waals surface area contributed by atoms with Gasteiger partial charge < -0.3 is 10.4 Å². The minimum Gasteiger partial charge on any atom is -0.481 e. The van der Waals surface area contributed by atoms with Crippen LogP contribution in [0.15, 0.2) is 48.5 Å². The van der Waals surface area contributed by atoms with Gasteiger partial charge in [-0.3, -0.25) is 9.59 Å². The van der Waals surface area contributed by atoms with E-state index in [9.17, 15) is 14.0 Å². The Balaban J connectivity index is 2.24. The van der Waals surface area contributed by atoms with Gasteiger partial charge in [-0.1, -0.05) is 51.1 Å². The Morgan fingerprint density at radius 3 is 2.28 bits per heavy atom. The van der Waals surface area contributed by atoms with E-state index in [1.165, 1.54) is 18.2 Å². The van der Waals surface area contributed by atoms with E-state index in [-0.39, 0.29) is 17.4 Å². The number of carbonyl (C=O) groups excluding carboxylic acids is 1. The molecule has 5 heteroatoms. The zero-order chi connectivity index (χ0) is 18.6. The van der Waals surface area contributed by atoms with Gasteiger partial charge in [0.2, 0.25) is 0 Å². The minimum atomic E-state index is -1.02. The van der Waals surface area contributed by atoms with Gasteiger partial charge >= 0.3 is 5.97 Å². The second-order valence-electron chi connectivity index (χ2n) is 7.01. The summed E-state index contributed by atoms with van der Waals surface area (Å²) >= 11 is 0.